The van der Waals surface area contributed by atoms with Crippen LogP contribution in [0.1, 0.15) is 77.0 Å². The van der Waals surface area contributed by atoms with Crippen molar-refractivity contribution in [1.82, 2.24) is 0 Å². The first kappa shape index (κ1) is 42.0. The average molecular weight is 563 g/mol. The number of rotatable bonds is 16. The lowest BCUT2D eigenvalue weighted by Gasteiger charge is -1.89. The maximum absolute atomic E-state index is 9.83. The van der Waals surface area contributed by atoms with Crippen LogP contribution in [0, 0.1) is 0 Å². The molecule has 0 saturated heterocycles. The predicted molar refractivity (Wildman–Crippen MR) is 143 cm³/mol. The molecule has 0 aromatic rings. The number of aliphatic hydroxyl groups is 1. The van der Waals surface area contributed by atoms with Crippen LogP contribution < -0.4 is 5.84 Å². The molecule has 0 aromatic carbocycles. The summed E-state index contributed by atoms with van der Waals surface area (Å²) >= 11 is 21.4. The normalized spacial score (nSPS) is 9.03. The number of carboxylic acids is 1. The zero-order valence-electron chi connectivity index (χ0n) is 18.8. The van der Waals surface area contributed by atoms with Crippen molar-refractivity contribution in [3.05, 3.63) is 6.08 Å². The van der Waals surface area contributed by atoms with Crippen molar-refractivity contribution in [1.29, 1.82) is 0 Å². The number of carboxylic acid groups (broad SMARTS) is 1. The van der Waals surface area contributed by atoms with E-state index in [1.54, 1.807) is 12.2 Å². The lowest BCUT2D eigenvalue weighted by molar-refractivity contribution is -0.137. The molecular formula is C21H41Cl5N2O4. The maximum Gasteiger partial charge on any atom is 0.303 e. The zero-order chi connectivity index (χ0) is 24.4. The third kappa shape index (κ3) is 69.9. The average Bonchev–Trinajstić information content (AvgIpc) is 2.76. The Balaban J connectivity index is -0.000000100. The molecule has 0 saturated carbocycles. The van der Waals surface area contributed by atoms with Gasteiger partial charge < -0.3 is 16.1 Å². The number of halogens is 5. The highest BCUT2D eigenvalue weighted by atomic mass is 35.5. The second-order valence-electron chi connectivity index (χ2n) is 6.04. The topological polar surface area (TPSA) is 113 Å². The summed E-state index contributed by atoms with van der Waals surface area (Å²) in [6.07, 6.45) is 13.8. The molecule has 11 heteroatoms. The van der Waals surface area contributed by atoms with Gasteiger partial charge in [-0.2, -0.15) is 5.10 Å². The number of hydrazone groups is 1. The third-order valence-corrected chi connectivity index (χ3v) is 4.27. The van der Waals surface area contributed by atoms with Gasteiger partial charge in [0.15, 0.2) is 0 Å². The summed E-state index contributed by atoms with van der Waals surface area (Å²) < 4.78 is 0. The van der Waals surface area contributed by atoms with Gasteiger partial charge >= 0.3 is 5.97 Å². The summed E-state index contributed by atoms with van der Waals surface area (Å²) in [4.78, 5) is 19.4. The van der Waals surface area contributed by atoms with Gasteiger partial charge in [0.1, 0.15) is 5.94 Å². The number of aliphatic carboxylic acids is 1. The summed E-state index contributed by atoms with van der Waals surface area (Å²) in [5, 5.41) is 19.7. The minimum absolute atomic E-state index is 0. The van der Waals surface area contributed by atoms with Crippen molar-refractivity contribution in [3.8, 4) is 0 Å². The number of hydrogen-bond acceptors (Lipinski definition) is 5. The van der Waals surface area contributed by atoms with Crippen molar-refractivity contribution in [2.45, 2.75) is 77.0 Å². The molecule has 194 valence electrons. The molecule has 4 N–H and O–H groups in total. The molecule has 0 atom stereocenters. The van der Waals surface area contributed by atoms with E-state index in [0.29, 0.717) is 24.8 Å². The fourth-order valence-electron chi connectivity index (χ4n) is 1.56. The number of aliphatic hydroxyl groups excluding tert-OH is 1. The third-order valence-electron chi connectivity index (χ3n) is 3.20. The molecule has 0 bridgehead atoms. The van der Waals surface area contributed by atoms with Gasteiger partial charge in [-0.3, -0.25) is 4.79 Å². The highest BCUT2D eigenvalue weighted by molar-refractivity contribution is 6.18. The Morgan fingerprint density at radius 2 is 1.28 bits per heavy atom. The summed E-state index contributed by atoms with van der Waals surface area (Å²) in [6.45, 7) is 0.302. The van der Waals surface area contributed by atoms with Crippen LogP contribution in [0.5, 0.6) is 0 Å². The van der Waals surface area contributed by atoms with Gasteiger partial charge in [0.2, 0.25) is 0 Å². The summed E-state index contributed by atoms with van der Waals surface area (Å²) in [5.74, 6) is 8.52. The Morgan fingerprint density at radius 3 is 1.69 bits per heavy atom. The SMILES string of the molecule is Cl.N/N=C/CCCCCl.O=C(O)CCCCCl.O=C=CCCCCCl.OCCCCCCl. The van der Waals surface area contributed by atoms with Crippen molar-refractivity contribution >= 4 is 76.9 Å². The monoisotopic (exact) mass is 560 g/mol. The van der Waals surface area contributed by atoms with E-state index in [2.05, 4.69) is 5.10 Å². The molecule has 0 aliphatic rings. The Hall–Kier alpha value is -0.200. The molecule has 0 unspecified atom stereocenters. The van der Waals surface area contributed by atoms with Crippen LogP contribution in [0.4, 0.5) is 0 Å². The number of carbonyl (C=O) groups excluding carboxylic acids is 1. The fraction of sp³-hybridized carbons (Fsp3) is 0.810. The maximum atomic E-state index is 9.83. The molecule has 6 nitrogen and oxygen atoms in total. The van der Waals surface area contributed by atoms with Crippen LogP contribution in [0.25, 0.3) is 0 Å². The molecule has 0 aliphatic carbocycles. The van der Waals surface area contributed by atoms with Crippen molar-refractivity contribution in [2.75, 3.05) is 30.1 Å². The summed E-state index contributed by atoms with van der Waals surface area (Å²) in [5.41, 5.74) is 0. The number of allylic oxidation sites excluding steroid dienone is 1. The standard InChI is InChI=1S/C6H9ClO.C5H11ClN2.C5H9ClO2.C5H11ClO.ClH/c7-5-3-1-2-4-6-8;6-4-2-1-3-5-8-7;6-4-2-1-3-5(7)8;6-4-2-1-3-5-7;/h4H,1-3,5H2;5H,1-4,7H2;1-4H2,(H,7,8);7H,1-5H2;1H/b;8-5+;;;. The van der Waals surface area contributed by atoms with E-state index in [0.717, 1.165) is 76.0 Å². The molecule has 0 aromatic heterocycles. The molecule has 0 rings (SSSR count). The van der Waals surface area contributed by atoms with E-state index in [-0.39, 0.29) is 18.8 Å². The van der Waals surface area contributed by atoms with Crippen LogP contribution in [0.3, 0.4) is 0 Å². The van der Waals surface area contributed by atoms with Gasteiger partial charge in [0.25, 0.3) is 0 Å². The van der Waals surface area contributed by atoms with Crippen LogP contribution in [0.15, 0.2) is 11.2 Å². The summed E-state index contributed by atoms with van der Waals surface area (Å²) in [6, 6.07) is 0. The number of carbonyl (C=O) groups is 1. The van der Waals surface area contributed by atoms with Gasteiger partial charge in [0, 0.05) is 42.8 Å². The van der Waals surface area contributed by atoms with Gasteiger partial charge in [0.05, 0.1) is 0 Å². The Kier molecular flexibility index (Phi) is 63.4. The van der Waals surface area contributed by atoms with Crippen LogP contribution in [-0.2, 0) is 9.59 Å². The van der Waals surface area contributed by atoms with E-state index in [9.17, 15) is 9.59 Å². The van der Waals surface area contributed by atoms with Gasteiger partial charge in [-0.15, -0.1) is 58.8 Å². The second-order valence-corrected chi connectivity index (χ2v) is 7.55. The quantitative estimate of drug-likeness (QED) is 0.0502. The predicted octanol–water partition coefficient (Wildman–Crippen LogP) is 6.41. The van der Waals surface area contributed by atoms with Crippen molar-refractivity contribution in [3.63, 3.8) is 0 Å². The molecule has 0 radical (unpaired) electrons. The molecule has 0 heterocycles. The first-order chi connectivity index (χ1) is 15.0. The number of nitrogens with zero attached hydrogens (tertiary/aromatic N) is 1. The highest BCUT2D eigenvalue weighted by Gasteiger charge is 1.93. The first-order valence-electron chi connectivity index (χ1n) is 10.5. The van der Waals surface area contributed by atoms with Gasteiger partial charge in [-0.25, -0.2) is 4.79 Å². The number of hydrogen-bond donors (Lipinski definition) is 3. The zero-order valence-corrected chi connectivity index (χ0v) is 22.7. The van der Waals surface area contributed by atoms with Gasteiger partial charge in [-0.05, 0) is 76.7 Å². The Labute approximate surface area is 220 Å². The lowest BCUT2D eigenvalue weighted by atomic mass is 10.2. The van der Waals surface area contributed by atoms with Crippen LogP contribution >= 0.6 is 58.8 Å². The van der Waals surface area contributed by atoms with Crippen molar-refractivity contribution in [2.24, 2.45) is 10.9 Å². The Morgan fingerprint density at radius 1 is 0.812 bits per heavy atom. The number of nitrogens with two attached hydrogens (primary N) is 1. The van der Waals surface area contributed by atoms with Crippen LogP contribution in [-0.4, -0.2) is 58.5 Å². The molecule has 32 heavy (non-hydrogen) atoms. The van der Waals surface area contributed by atoms with Crippen molar-refractivity contribution < 1.29 is 19.8 Å². The highest BCUT2D eigenvalue weighted by Crippen LogP contribution is 1.96. The van der Waals surface area contributed by atoms with Gasteiger partial charge in [-0.1, -0.05) is 0 Å². The summed E-state index contributed by atoms with van der Waals surface area (Å²) in [7, 11) is 0. The van der Waals surface area contributed by atoms with E-state index < -0.39 is 5.97 Å². The number of unbranched alkanes of at least 4 members (excludes halogenated alkanes) is 7. The van der Waals surface area contributed by atoms with E-state index in [1.165, 1.54) is 6.08 Å². The molecule has 0 amide bonds. The largest absolute Gasteiger partial charge is 0.481 e. The first-order valence-corrected chi connectivity index (χ1v) is 12.6. The smallest absolute Gasteiger partial charge is 0.303 e. The molecule has 0 fully saturated rings. The van der Waals surface area contributed by atoms with E-state index >= 15 is 0 Å². The molecular weight excluding hydrogens is 522 g/mol. The van der Waals surface area contributed by atoms with E-state index in [4.69, 9.17) is 62.5 Å². The second kappa shape index (κ2) is 48.3. The molecule has 0 aliphatic heterocycles. The number of alkyl halides is 4. The Bertz CT molecular complexity index is 388. The lowest BCUT2D eigenvalue weighted by Crippen LogP contribution is -1.93. The fourth-order valence-corrected chi connectivity index (χ4v) is 2.31. The molecule has 0 spiro atoms. The van der Waals surface area contributed by atoms with Crippen LogP contribution in [0.2, 0.25) is 0 Å². The van der Waals surface area contributed by atoms with E-state index in [1.807, 2.05) is 0 Å². The minimum atomic E-state index is -0.741. The minimum Gasteiger partial charge on any atom is -0.481 e.